The van der Waals surface area contributed by atoms with E-state index >= 15 is 0 Å². The molecule has 3 aromatic rings. The number of carbonyl (C=O) groups is 2. The average molecular weight is 403 g/mol. The van der Waals surface area contributed by atoms with Crippen molar-refractivity contribution in [3.63, 3.8) is 0 Å². The molecule has 0 aliphatic carbocycles. The number of amides is 2. The predicted molar refractivity (Wildman–Crippen MR) is 115 cm³/mol. The van der Waals surface area contributed by atoms with Gasteiger partial charge >= 0.3 is 0 Å². The fraction of sp³-hybridized carbons (Fsp3) is 0.304. The molecule has 0 radical (unpaired) electrons. The van der Waals surface area contributed by atoms with Crippen molar-refractivity contribution in [2.24, 2.45) is 13.0 Å². The van der Waals surface area contributed by atoms with Crippen LogP contribution in [0.25, 0.3) is 11.1 Å². The molecule has 1 aliphatic rings. The lowest BCUT2D eigenvalue weighted by atomic mass is 10.1. The number of hydrogen-bond acceptors (Lipinski definition) is 4. The molecule has 1 N–H and O–H groups in total. The van der Waals surface area contributed by atoms with Crippen LogP contribution in [0.15, 0.2) is 49.1 Å². The summed E-state index contributed by atoms with van der Waals surface area (Å²) in [6.45, 7) is 4.84. The third-order valence-corrected chi connectivity index (χ3v) is 5.60. The van der Waals surface area contributed by atoms with E-state index in [0.29, 0.717) is 13.1 Å². The van der Waals surface area contributed by atoms with Crippen molar-refractivity contribution in [3.8, 4) is 11.1 Å². The van der Waals surface area contributed by atoms with E-state index in [2.05, 4.69) is 15.4 Å². The fourth-order valence-corrected chi connectivity index (χ4v) is 3.67. The number of nitrogens with zero attached hydrogens (tertiary/aromatic N) is 4. The highest BCUT2D eigenvalue weighted by atomic mass is 16.2. The Hall–Kier alpha value is -3.48. The Morgan fingerprint density at radius 3 is 2.70 bits per heavy atom. The van der Waals surface area contributed by atoms with Gasteiger partial charge in [-0.3, -0.25) is 19.3 Å². The van der Waals surface area contributed by atoms with Gasteiger partial charge in [0.2, 0.25) is 11.8 Å². The van der Waals surface area contributed by atoms with E-state index < -0.39 is 0 Å². The summed E-state index contributed by atoms with van der Waals surface area (Å²) < 4.78 is 1.74. The van der Waals surface area contributed by atoms with Crippen LogP contribution in [0.5, 0.6) is 0 Å². The standard InChI is InChI=1S/C23H25N5O2/c1-15-4-5-21(6-16(15)2)28-14-19(8-22(28)29)23(30)25-10-17-7-18(11-24-9-17)20-12-26-27(3)13-20/h4-7,9,11-13,19H,8,10,14H2,1-3H3,(H,25,30). The van der Waals surface area contributed by atoms with Crippen molar-refractivity contribution >= 4 is 17.5 Å². The number of rotatable bonds is 5. The van der Waals surface area contributed by atoms with Gasteiger partial charge in [-0.05, 0) is 48.7 Å². The first kappa shape index (κ1) is 19.8. The minimum atomic E-state index is -0.353. The molecule has 0 spiro atoms. The molecule has 0 bridgehead atoms. The maximum atomic E-state index is 12.7. The Morgan fingerprint density at radius 2 is 1.97 bits per heavy atom. The summed E-state index contributed by atoms with van der Waals surface area (Å²) in [6, 6.07) is 7.94. The predicted octanol–water partition coefficient (Wildman–Crippen LogP) is 2.77. The van der Waals surface area contributed by atoms with E-state index in [0.717, 1.165) is 27.9 Å². The second-order valence-corrected chi connectivity index (χ2v) is 7.88. The lowest BCUT2D eigenvalue weighted by molar-refractivity contribution is -0.126. The zero-order valence-electron chi connectivity index (χ0n) is 17.4. The number of pyridine rings is 1. The Bertz CT molecular complexity index is 1100. The number of nitrogens with one attached hydrogen (secondary N) is 1. The van der Waals surface area contributed by atoms with Gasteiger partial charge in [0, 0.05) is 62.0 Å². The van der Waals surface area contributed by atoms with Crippen LogP contribution in [0.1, 0.15) is 23.1 Å². The third kappa shape index (κ3) is 4.10. The van der Waals surface area contributed by atoms with Crippen LogP contribution in [-0.2, 0) is 23.2 Å². The van der Waals surface area contributed by atoms with Gasteiger partial charge in [-0.2, -0.15) is 5.10 Å². The Labute approximate surface area is 175 Å². The van der Waals surface area contributed by atoms with Crippen LogP contribution in [0, 0.1) is 19.8 Å². The lowest BCUT2D eigenvalue weighted by Gasteiger charge is -2.18. The molecular weight excluding hydrogens is 378 g/mol. The summed E-state index contributed by atoms with van der Waals surface area (Å²) in [7, 11) is 1.87. The van der Waals surface area contributed by atoms with Gasteiger partial charge in [0.25, 0.3) is 0 Å². The van der Waals surface area contributed by atoms with Crippen molar-refractivity contribution in [1.82, 2.24) is 20.1 Å². The van der Waals surface area contributed by atoms with Crippen molar-refractivity contribution in [3.05, 3.63) is 65.7 Å². The lowest BCUT2D eigenvalue weighted by Crippen LogP contribution is -2.32. The number of hydrogen-bond donors (Lipinski definition) is 1. The maximum absolute atomic E-state index is 12.7. The van der Waals surface area contributed by atoms with E-state index in [1.165, 1.54) is 5.56 Å². The molecular formula is C23H25N5O2. The van der Waals surface area contributed by atoms with E-state index in [4.69, 9.17) is 0 Å². The average Bonchev–Trinajstić information content (AvgIpc) is 3.34. The zero-order valence-corrected chi connectivity index (χ0v) is 17.4. The molecule has 2 amide bonds. The van der Waals surface area contributed by atoms with E-state index in [-0.39, 0.29) is 24.2 Å². The topological polar surface area (TPSA) is 80.1 Å². The van der Waals surface area contributed by atoms with Gasteiger partial charge in [0.05, 0.1) is 12.1 Å². The first-order valence-electron chi connectivity index (χ1n) is 9.99. The SMILES string of the molecule is Cc1ccc(N2CC(C(=O)NCc3cncc(-c4cnn(C)c4)c3)CC2=O)cc1C. The van der Waals surface area contributed by atoms with Crippen LogP contribution < -0.4 is 10.2 Å². The first-order chi connectivity index (χ1) is 14.4. The molecule has 1 fully saturated rings. The highest BCUT2D eigenvalue weighted by Gasteiger charge is 2.35. The smallest absolute Gasteiger partial charge is 0.227 e. The normalized spacial score (nSPS) is 16.2. The largest absolute Gasteiger partial charge is 0.352 e. The molecule has 2 aromatic heterocycles. The maximum Gasteiger partial charge on any atom is 0.227 e. The molecule has 3 heterocycles. The Kier molecular flexibility index (Phi) is 5.35. The second-order valence-electron chi connectivity index (χ2n) is 7.88. The number of anilines is 1. The van der Waals surface area contributed by atoms with Crippen LogP contribution in [-0.4, -0.2) is 33.1 Å². The minimum Gasteiger partial charge on any atom is -0.352 e. The summed E-state index contributed by atoms with van der Waals surface area (Å²) in [5.41, 5.74) is 6.00. The molecule has 4 rings (SSSR count). The van der Waals surface area contributed by atoms with Gasteiger partial charge < -0.3 is 10.2 Å². The Morgan fingerprint density at radius 1 is 1.13 bits per heavy atom. The number of aromatic nitrogens is 3. The van der Waals surface area contributed by atoms with Gasteiger partial charge in [-0.15, -0.1) is 0 Å². The van der Waals surface area contributed by atoms with Gasteiger partial charge in [-0.1, -0.05) is 6.07 Å². The highest BCUT2D eigenvalue weighted by Crippen LogP contribution is 2.27. The molecule has 1 aliphatic heterocycles. The minimum absolute atomic E-state index is 0.0151. The van der Waals surface area contributed by atoms with Gasteiger partial charge in [-0.25, -0.2) is 0 Å². The molecule has 1 aromatic carbocycles. The third-order valence-electron chi connectivity index (χ3n) is 5.60. The van der Waals surface area contributed by atoms with E-state index in [1.807, 2.05) is 51.4 Å². The summed E-state index contributed by atoms with van der Waals surface area (Å²) in [5, 5.41) is 7.14. The molecule has 1 atom stereocenters. The van der Waals surface area contributed by atoms with Crippen molar-refractivity contribution in [2.45, 2.75) is 26.8 Å². The zero-order chi connectivity index (χ0) is 21.3. The molecule has 1 saturated heterocycles. The highest BCUT2D eigenvalue weighted by molar-refractivity contribution is 6.00. The fourth-order valence-electron chi connectivity index (χ4n) is 3.67. The van der Waals surface area contributed by atoms with Gasteiger partial charge in [0.1, 0.15) is 0 Å². The monoisotopic (exact) mass is 403 g/mol. The van der Waals surface area contributed by atoms with Gasteiger partial charge in [0.15, 0.2) is 0 Å². The molecule has 30 heavy (non-hydrogen) atoms. The van der Waals surface area contributed by atoms with Crippen LogP contribution >= 0.6 is 0 Å². The molecule has 154 valence electrons. The van der Waals surface area contributed by atoms with E-state index in [1.54, 1.807) is 28.2 Å². The summed E-state index contributed by atoms with van der Waals surface area (Å²) in [4.78, 5) is 31.2. The Balaban J connectivity index is 1.39. The number of benzene rings is 1. The molecule has 0 saturated carbocycles. The molecule has 7 nitrogen and oxygen atoms in total. The van der Waals surface area contributed by atoms with Crippen molar-refractivity contribution in [2.75, 3.05) is 11.4 Å². The van der Waals surface area contributed by atoms with Crippen LogP contribution in [0.4, 0.5) is 5.69 Å². The summed E-state index contributed by atoms with van der Waals surface area (Å²) in [6.07, 6.45) is 7.45. The number of aryl methyl sites for hydroxylation is 3. The number of carbonyl (C=O) groups excluding carboxylic acids is 2. The van der Waals surface area contributed by atoms with Crippen LogP contribution in [0.3, 0.4) is 0 Å². The second kappa shape index (κ2) is 8.10. The van der Waals surface area contributed by atoms with Crippen molar-refractivity contribution < 1.29 is 9.59 Å². The summed E-state index contributed by atoms with van der Waals surface area (Å²) in [5.74, 6) is -0.478. The van der Waals surface area contributed by atoms with Crippen molar-refractivity contribution in [1.29, 1.82) is 0 Å². The van der Waals surface area contributed by atoms with Crippen LogP contribution in [0.2, 0.25) is 0 Å². The quantitative estimate of drug-likeness (QED) is 0.710. The molecule has 1 unspecified atom stereocenters. The van der Waals surface area contributed by atoms with E-state index in [9.17, 15) is 9.59 Å². The summed E-state index contributed by atoms with van der Waals surface area (Å²) >= 11 is 0. The molecule has 7 heteroatoms. The first-order valence-corrected chi connectivity index (χ1v) is 9.99.